The Bertz CT molecular complexity index is 1290. The van der Waals surface area contributed by atoms with E-state index in [1.807, 2.05) is 36.4 Å². The maximum atomic E-state index is 12.4. The van der Waals surface area contributed by atoms with Crippen LogP contribution < -0.4 is 5.73 Å². The molecule has 7 atom stereocenters. The molecular formula is C33H39BrN2O3. The Morgan fingerprint density at radius 3 is 2.51 bits per heavy atom. The van der Waals surface area contributed by atoms with E-state index in [-0.39, 0.29) is 34.4 Å². The van der Waals surface area contributed by atoms with Crippen LogP contribution in [0.4, 0.5) is 0 Å². The minimum absolute atomic E-state index is 0.00602. The van der Waals surface area contributed by atoms with Gasteiger partial charge in [-0.2, -0.15) is 5.26 Å². The molecule has 0 heterocycles. The fraction of sp³-hybridized carbons (Fsp3) is 0.545. The molecule has 3 fully saturated rings. The highest BCUT2D eigenvalue weighted by molar-refractivity contribution is 9.10. The summed E-state index contributed by atoms with van der Waals surface area (Å²) in [4.78, 5) is 24.0. The molecule has 0 aliphatic heterocycles. The lowest BCUT2D eigenvalue weighted by Crippen LogP contribution is -2.50. The smallest absolute Gasteiger partial charge is 0.302 e. The Labute approximate surface area is 240 Å². The lowest BCUT2D eigenvalue weighted by Gasteiger charge is -2.58. The summed E-state index contributed by atoms with van der Waals surface area (Å²) in [6.45, 7) is 6.35. The van der Waals surface area contributed by atoms with E-state index in [9.17, 15) is 14.9 Å². The van der Waals surface area contributed by atoms with Crippen LogP contribution in [-0.4, -0.2) is 18.0 Å². The topological polar surface area (TPSA) is 93.2 Å². The number of carbonyl (C=O) groups is 2. The molecule has 4 aliphatic rings. The molecule has 206 valence electrons. The highest BCUT2D eigenvalue weighted by Gasteiger charge is 2.59. The van der Waals surface area contributed by atoms with Gasteiger partial charge in [0.2, 0.25) is 0 Å². The van der Waals surface area contributed by atoms with E-state index in [1.165, 1.54) is 12.5 Å². The normalized spacial score (nSPS) is 36.1. The lowest BCUT2D eigenvalue weighted by molar-refractivity contribution is -0.148. The SMILES string of the molecule is CC(=O)O[C@H]1CC[C@@]2(C)C(=CC[C@@H]3[C@@H]2CC[C@]2(C)C(C(/C=C/c4ccc(Br)cc4)=C(\C#N)C(N)=O)CC[C@@H]32)C1. The number of benzene rings is 1. The predicted molar refractivity (Wildman–Crippen MR) is 156 cm³/mol. The molecule has 0 spiro atoms. The van der Waals surface area contributed by atoms with Crippen molar-refractivity contribution in [3.63, 3.8) is 0 Å². The number of hydrogen-bond donors (Lipinski definition) is 1. The molecule has 6 heteroatoms. The molecule has 4 aliphatic carbocycles. The lowest BCUT2D eigenvalue weighted by atomic mass is 9.47. The van der Waals surface area contributed by atoms with Crippen molar-refractivity contribution >= 4 is 33.9 Å². The number of nitriles is 1. The van der Waals surface area contributed by atoms with Gasteiger partial charge in [0.15, 0.2) is 0 Å². The summed E-state index contributed by atoms with van der Waals surface area (Å²) < 4.78 is 6.61. The summed E-state index contributed by atoms with van der Waals surface area (Å²) in [7, 11) is 0. The minimum atomic E-state index is -0.643. The van der Waals surface area contributed by atoms with Crippen molar-refractivity contribution in [1.82, 2.24) is 0 Å². The molecular weight excluding hydrogens is 552 g/mol. The Morgan fingerprint density at radius 2 is 1.85 bits per heavy atom. The highest BCUT2D eigenvalue weighted by atomic mass is 79.9. The van der Waals surface area contributed by atoms with Crippen molar-refractivity contribution in [2.24, 2.45) is 40.2 Å². The number of fused-ring (bicyclic) bond motifs is 5. The van der Waals surface area contributed by atoms with Crippen LogP contribution in [0, 0.1) is 45.8 Å². The number of rotatable bonds is 5. The number of hydrogen-bond acceptors (Lipinski definition) is 4. The summed E-state index contributed by atoms with van der Waals surface area (Å²) >= 11 is 3.48. The van der Waals surface area contributed by atoms with Crippen molar-refractivity contribution < 1.29 is 14.3 Å². The summed E-state index contributed by atoms with van der Waals surface area (Å²) in [6.07, 6.45) is 14.6. The Morgan fingerprint density at radius 1 is 1.10 bits per heavy atom. The monoisotopic (exact) mass is 590 g/mol. The van der Waals surface area contributed by atoms with Gasteiger partial charge in [0.1, 0.15) is 17.7 Å². The number of nitrogens with two attached hydrogens (primary N) is 1. The Hall–Kier alpha value is -2.65. The molecule has 1 aromatic rings. The predicted octanol–water partition coefficient (Wildman–Crippen LogP) is 7.28. The first-order chi connectivity index (χ1) is 18.6. The van der Waals surface area contributed by atoms with Crippen LogP contribution in [0.3, 0.4) is 0 Å². The zero-order chi connectivity index (χ0) is 27.9. The summed E-state index contributed by atoms with van der Waals surface area (Å²) in [5, 5.41) is 9.98. The molecule has 3 saturated carbocycles. The van der Waals surface area contributed by atoms with Gasteiger partial charge in [0, 0.05) is 17.8 Å². The number of esters is 1. The van der Waals surface area contributed by atoms with Gasteiger partial charge in [0.25, 0.3) is 5.91 Å². The number of halogens is 1. The molecule has 0 saturated heterocycles. The quantitative estimate of drug-likeness (QED) is 0.128. The number of primary amides is 1. The van der Waals surface area contributed by atoms with Gasteiger partial charge in [-0.3, -0.25) is 9.59 Å². The van der Waals surface area contributed by atoms with Crippen LogP contribution in [0.15, 0.2) is 57.6 Å². The molecule has 1 amide bonds. The molecule has 2 N–H and O–H groups in total. The standard InChI is InChI=1S/C33H39BrN2O3/c1-20(37)39-24-14-16-32(2)22(18-24)7-11-26-29-13-12-28(33(29,3)17-15-30(26)32)25(27(19-35)31(36)38)10-6-21-4-8-23(34)9-5-21/h4-10,24,26,28-30H,11-18H2,1-3H3,(H2,36,38)/b10-6+,27-25+/t24-,26-,28?,29-,30-,32-,33+/m0/s1. The van der Waals surface area contributed by atoms with Crippen molar-refractivity contribution in [3.05, 3.63) is 63.2 Å². The zero-order valence-electron chi connectivity index (χ0n) is 23.2. The maximum Gasteiger partial charge on any atom is 0.302 e. The van der Waals surface area contributed by atoms with Gasteiger partial charge in [-0.05, 0) is 103 Å². The van der Waals surface area contributed by atoms with Crippen LogP contribution in [0.2, 0.25) is 0 Å². The fourth-order valence-electron chi connectivity index (χ4n) is 8.87. The summed E-state index contributed by atoms with van der Waals surface area (Å²) in [5.41, 5.74) is 9.32. The third-order valence-electron chi connectivity index (χ3n) is 10.7. The number of ether oxygens (including phenoxy) is 1. The molecule has 39 heavy (non-hydrogen) atoms. The second-order valence-corrected chi connectivity index (χ2v) is 13.5. The maximum absolute atomic E-state index is 12.4. The zero-order valence-corrected chi connectivity index (χ0v) is 24.8. The van der Waals surface area contributed by atoms with Crippen LogP contribution in [-0.2, 0) is 14.3 Å². The van der Waals surface area contributed by atoms with Crippen molar-refractivity contribution in [2.45, 2.75) is 78.2 Å². The number of allylic oxidation sites excluding steroid dienone is 3. The fourth-order valence-corrected chi connectivity index (χ4v) is 9.13. The van der Waals surface area contributed by atoms with E-state index in [0.29, 0.717) is 17.8 Å². The molecule has 5 rings (SSSR count). The Balaban J connectivity index is 1.44. The van der Waals surface area contributed by atoms with Gasteiger partial charge in [-0.1, -0.05) is 65.7 Å². The number of carbonyl (C=O) groups excluding carboxylic acids is 2. The van der Waals surface area contributed by atoms with Gasteiger partial charge < -0.3 is 10.5 Å². The van der Waals surface area contributed by atoms with Crippen LogP contribution >= 0.6 is 15.9 Å². The summed E-state index contributed by atoms with van der Waals surface area (Å²) in [5.74, 6) is 1.03. The van der Waals surface area contributed by atoms with Crippen molar-refractivity contribution in [3.8, 4) is 6.07 Å². The molecule has 0 bridgehead atoms. The van der Waals surface area contributed by atoms with Crippen LogP contribution in [0.25, 0.3) is 6.08 Å². The molecule has 0 aromatic heterocycles. The van der Waals surface area contributed by atoms with Gasteiger partial charge in [-0.25, -0.2) is 0 Å². The number of nitrogens with zero attached hydrogens (tertiary/aromatic N) is 1. The third kappa shape index (κ3) is 5.04. The number of amides is 1. The highest BCUT2D eigenvalue weighted by Crippen LogP contribution is 2.67. The second-order valence-electron chi connectivity index (χ2n) is 12.6. The average molecular weight is 592 g/mol. The van der Waals surface area contributed by atoms with Crippen molar-refractivity contribution in [2.75, 3.05) is 0 Å². The van der Waals surface area contributed by atoms with Gasteiger partial charge >= 0.3 is 5.97 Å². The van der Waals surface area contributed by atoms with E-state index in [1.54, 1.807) is 0 Å². The van der Waals surface area contributed by atoms with E-state index in [0.717, 1.165) is 67.0 Å². The average Bonchev–Trinajstić information content (AvgIpc) is 3.24. The first kappa shape index (κ1) is 27.9. The van der Waals surface area contributed by atoms with Crippen molar-refractivity contribution in [1.29, 1.82) is 5.26 Å². The van der Waals surface area contributed by atoms with Crippen LogP contribution in [0.5, 0.6) is 0 Å². The molecule has 1 unspecified atom stereocenters. The molecule has 0 radical (unpaired) electrons. The third-order valence-corrected chi connectivity index (χ3v) is 11.3. The first-order valence-electron chi connectivity index (χ1n) is 14.3. The van der Waals surface area contributed by atoms with Gasteiger partial charge in [0.05, 0.1) is 0 Å². The van der Waals surface area contributed by atoms with Crippen LogP contribution in [0.1, 0.15) is 77.7 Å². The van der Waals surface area contributed by atoms with E-state index >= 15 is 0 Å². The summed E-state index contributed by atoms with van der Waals surface area (Å²) in [6, 6.07) is 10.2. The van der Waals surface area contributed by atoms with Gasteiger partial charge in [-0.15, -0.1) is 0 Å². The second kappa shape index (κ2) is 10.7. The largest absolute Gasteiger partial charge is 0.462 e. The van der Waals surface area contributed by atoms with E-state index in [4.69, 9.17) is 10.5 Å². The molecule has 1 aromatic carbocycles. The van der Waals surface area contributed by atoms with E-state index < -0.39 is 5.91 Å². The minimum Gasteiger partial charge on any atom is -0.462 e. The Kier molecular flexibility index (Phi) is 7.68. The first-order valence-corrected chi connectivity index (χ1v) is 15.1. The molecule has 5 nitrogen and oxygen atoms in total. The van der Waals surface area contributed by atoms with E-state index in [2.05, 4.69) is 41.9 Å².